The number of piperidine rings is 1. The number of carbonyl (C=O) groups is 2. The van der Waals surface area contributed by atoms with E-state index in [0.29, 0.717) is 35.5 Å². The number of nitriles is 1. The van der Waals surface area contributed by atoms with Crippen LogP contribution in [0, 0.1) is 18.3 Å². The quantitative estimate of drug-likeness (QED) is 0.696. The predicted octanol–water partition coefficient (Wildman–Crippen LogP) is 4.52. The Labute approximate surface area is 199 Å². The topological polar surface area (TPSA) is 94.5 Å². The Hall–Kier alpha value is -3.44. The highest BCUT2D eigenvalue weighted by atomic mass is 19.1. The number of nitrogens with zero attached hydrogens (tertiary/aromatic N) is 2. The highest BCUT2D eigenvalue weighted by Gasteiger charge is 2.37. The van der Waals surface area contributed by atoms with Crippen molar-refractivity contribution in [2.75, 3.05) is 38.7 Å². The molecule has 34 heavy (non-hydrogen) atoms. The van der Waals surface area contributed by atoms with Crippen molar-refractivity contribution in [1.82, 2.24) is 10.2 Å². The van der Waals surface area contributed by atoms with Crippen LogP contribution in [-0.2, 0) is 10.4 Å². The lowest BCUT2D eigenvalue weighted by Crippen LogP contribution is -2.43. The van der Waals surface area contributed by atoms with Gasteiger partial charge >= 0.3 is 6.03 Å². The van der Waals surface area contributed by atoms with Gasteiger partial charge in [-0.1, -0.05) is 18.2 Å². The normalized spacial score (nSPS) is 16.6. The summed E-state index contributed by atoms with van der Waals surface area (Å²) in [4.78, 5) is 26.1. The third-order valence-corrected chi connectivity index (χ3v) is 6.16. The molecule has 2 aromatic rings. The molecule has 0 aliphatic carbocycles. The summed E-state index contributed by atoms with van der Waals surface area (Å²) in [5, 5.41) is 14.1. The van der Waals surface area contributed by atoms with E-state index in [2.05, 4.69) is 10.6 Å². The van der Waals surface area contributed by atoms with Gasteiger partial charge in [0.05, 0.1) is 11.6 Å². The minimum absolute atomic E-state index is 0.188. The number of rotatable bonds is 3. The molecular formula is C26H31FN4O3. The fraction of sp³-hybridized carbons (Fsp3) is 0.423. The Kier molecular flexibility index (Phi) is 8.61. The van der Waals surface area contributed by atoms with Crippen molar-refractivity contribution in [3.63, 3.8) is 0 Å². The first-order valence-electron chi connectivity index (χ1n) is 11.5. The lowest BCUT2D eigenvalue weighted by atomic mass is 9.85. The van der Waals surface area contributed by atoms with E-state index in [1.54, 1.807) is 47.4 Å². The molecule has 0 unspecified atom stereocenters. The molecule has 2 aromatic carbocycles. The molecule has 0 spiro atoms. The lowest BCUT2D eigenvalue weighted by Gasteiger charge is -2.37. The maximum atomic E-state index is 15.4. The second-order valence-electron chi connectivity index (χ2n) is 8.50. The summed E-state index contributed by atoms with van der Waals surface area (Å²) in [6.45, 7) is 4.43. The molecule has 0 saturated carbocycles. The Morgan fingerprint density at radius 1 is 1.09 bits per heavy atom. The van der Waals surface area contributed by atoms with Gasteiger partial charge in [-0.3, -0.25) is 4.79 Å². The fourth-order valence-electron chi connectivity index (χ4n) is 3.96. The van der Waals surface area contributed by atoms with Crippen molar-refractivity contribution in [2.24, 2.45) is 0 Å². The number of alkyl halides is 1. The van der Waals surface area contributed by atoms with Crippen molar-refractivity contribution >= 4 is 17.6 Å². The van der Waals surface area contributed by atoms with E-state index in [4.69, 9.17) is 10.00 Å². The van der Waals surface area contributed by atoms with Crippen LogP contribution in [0.3, 0.4) is 0 Å². The molecule has 2 aliphatic heterocycles. The molecule has 0 atom stereocenters. The third kappa shape index (κ3) is 6.33. The Morgan fingerprint density at radius 2 is 1.74 bits per heavy atom. The van der Waals surface area contributed by atoms with Gasteiger partial charge in [-0.2, -0.15) is 5.26 Å². The summed E-state index contributed by atoms with van der Waals surface area (Å²) in [6.07, 6.45) is 2.94. The summed E-state index contributed by atoms with van der Waals surface area (Å²) in [5.74, 6) is -0.188. The Morgan fingerprint density at radius 3 is 2.26 bits per heavy atom. The lowest BCUT2D eigenvalue weighted by molar-refractivity contribution is 0.0421. The van der Waals surface area contributed by atoms with E-state index in [9.17, 15) is 9.59 Å². The predicted molar refractivity (Wildman–Crippen MR) is 128 cm³/mol. The van der Waals surface area contributed by atoms with Crippen LogP contribution in [0.2, 0.25) is 0 Å². The van der Waals surface area contributed by atoms with Gasteiger partial charge in [0.15, 0.2) is 0 Å². The van der Waals surface area contributed by atoms with Gasteiger partial charge in [0.2, 0.25) is 0 Å². The number of amides is 3. The number of likely N-dealkylation sites (tertiary alicyclic amines) is 1. The first-order chi connectivity index (χ1) is 16.4. The second-order valence-corrected chi connectivity index (χ2v) is 8.50. The standard InChI is InChI=1S/C22H23FN4O2.C4H8O/c1-15-3-6-17(13-19(15)26-21(29)25-2)20(28)27-11-9-22(23,10-12-27)18-7-4-16(14-24)5-8-18;1-2-4-5-3-1/h3-8,13H,9-12H2,1-2H3,(H2,25,26,29);1-4H2. The van der Waals surface area contributed by atoms with Crippen molar-refractivity contribution < 1.29 is 18.7 Å². The molecular weight excluding hydrogens is 435 g/mol. The largest absolute Gasteiger partial charge is 0.381 e. The van der Waals surface area contributed by atoms with Crippen LogP contribution in [0.25, 0.3) is 0 Å². The molecule has 4 rings (SSSR count). The molecule has 8 heteroatoms. The number of anilines is 1. The number of aryl methyl sites for hydroxylation is 1. The number of carbonyl (C=O) groups excluding carboxylic acids is 2. The van der Waals surface area contributed by atoms with E-state index < -0.39 is 5.67 Å². The van der Waals surface area contributed by atoms with E-state index in [0.717, 1.165) is 18.8 Å². The van der Waals surface area contributed by atoms with E-state index in [-0.39, 0.29) is 24.8 Å². The zero-order chi connectivity index (χ0) is 24.6. The summed E-state index contributed by atoms with van der Waals surface area (Å²) < 4.78 is 20.3. The summed E-state index contributed by atoms with van der Waals surface area (Å²) in [5.41, 5.74) is 1.37. The minimum atomic E-state index is -1.51. The summed E-state index contributed by atoms with van der Waals surface area (Å²) >= 11 is 0. The van der Waals surface area contributed by atoms with E-state index in [1.165, 1.54) is 19.9 Å². The summed E-state index contributed by atoms with van der Waals surface area (Å²) in [6, 6.07) is 13.3. The highest BCUT2D eigenvalue weighted by Crippen LogP contribution is 2.37. The van der Waals surface area contributed by atoms with Gasteiger partial charge < -0.3 is 20.3 Å². The number of halogens is 1. The van der Waals surface area contributed by atoms with Crippen LogP contribution in [0.4, 0.5) is 14.9 Å². The van der Waals surface area contributed by atoms with Crippen LogP contribution in [-0.4, -0.2) is 50.2 Å². The molecule has 0 aromatic heterocycles. The van der Waals surface area contributed by atoms with Crippen LogP contribution in [0.1, 0.15) is 52.7 Å². The molecule has 7 nitrogen and oxygen atoms in total. The van der Waals surface area contributed by atoms with Gasteiger partial charge in [0, 0.05) is 57.4 Å². The number of nitrogens with one attached hydrogen (secondary N) is 2. The zero-order valence-corrected chi connectivity index (χ0v) is 19.7. The van der Waals surface area contributed by atoms with Crippen molar-refractivity contribution in [3.05, 3.63) is 64.7 Å². The maximum absolute atomic E-state index is 15.4. The van der Waals surface area contributed by atoms with Gasteiger partial charge in [0.1, 0.15) is 5.67 Å². The number of benzene rings is 2. The van der Waals surface area contributed by atoms with Crippen LogP contribution < -0.4 is 10.6 Å². The molecule has 2 heterocycles. The van der Waals surface area contributed by atoms with Gasteiger partial charge in [-0.15, -0.1) is 0 Å². The first-order valence-corrected chi connectivity index (χ1v) is 11.5. The molecule has 2 aliphatic rings. The van der Waals surface area contributed by atoms with E-state index >= 15 is 4.39 Å². The monoisotopic (exact) mass is 466 g/mol. The second kappa shape index (κ2) is 11.6. The average Bonchev–Trinajstić information content (AvgIpc) is 3.46. The smallest absolute Gasteiger partial charge is 0.318 e. The summed E-state index contributed by atoms with van der Waals surface area (Å²) in [7, 11) is 1.52. The molecule has 2 N–H and O–H groups in total. The van der Waals surface area contributed by atoms with Gasteiger partial charge in [0.25, 0.3) is 5.91 Å². The molecule has 2 fully saturated rings. The van der Waals surface area contributed by atoms with Gasteiger partial charge in [-0.25, -0.2) is 9.18 Å². The molecule has 3 amide bonds. The van der Waals surface area contributed by atoms with Crippen molar-refractivity contribution in [3.8, 4) is 6.07 Å². The van der Waals surface area contributed by atoms with Gasteiger partial charge in [-0.05, 0) is 55.2 Å². The maximum Gasteiger partial charge on any atom is 0.318 e. The first kappa shape index (κ1) is 25.2. The minimum Gasteiger partial charge on any atom is -0.381 e. The Balaban J connectivity index is 0.000000574. The molecule has 180 valence electrons. The molecule has 0 radical (unpaired) electrons. The Bertz CT molecular complexity index is 1030. The number of hydrogen-bond acceptors (Lipinski definition) is 4. The van der Waals surface area contributed by atoms with Crippen LogP contribution in [0.15, 0.2) is 42.5 Å². The van der Waals surface area contributed by atoms with E-state index in [1.807, 2.05) is 13.0 Å². The fourth-order valence-corrected chi connectivity index (χ4v) is 3.96. The number of urea groups is 1. The SMILES string of the molecule is C1CCOC1.CNC(=O)Nc1cc(C(=O)N2CCC(F)(c3ccc(C#N)cc3)CC2)ccc1C. The molecule has 0 bridgehead atoms. The zero-order valence-electron chi connectivity index (χ0n) is 19.7. The average molecular weight is 467 g/mol. The molecule has 2 saturated heterocycles. The van der Waals surface area contributed by atoms with Crippen LogP contribution >= 0.6 is 0 Å². The highest BCUT2D eigenvalue weighted by molar-refractivity contribution is 5.97. The number of ether oxygens (including phenoxy) is 1. The van der Waals surface area contributed by atoms with Crippen molar-refractivity contribution in [2.45, 2.75) is 38.3 Å². The number of hydrogen-bond donors (Lipinski definition) is 2. The third-order valence-electron chi connectivity index (χ3n) is 6.16. The van der Waals surface area contributed by atoms with Crippen molar-refractivity contribution in [1.29, 1.82) is 5.26 Å². The van der Waals surface area contributed by atoms with Crippen LogP contribution in [0.5, 0.6) is 0 Å².